The normalized spacial score (nSPS) is 16.5. The summed E-state index contributed by atoms with van der Waals surface area (Å²) in [6, 6.07) is 6.68. The third-order valence-corrected chi connectivity index (χ3v) is 6.21. The van der Waals surface area contributed by atoms with Gasteiger partial charge in [-0.2, -0.15) is 0 Å². The Balaban J connectivity index is 2.17. The summed E-state index contributed by atoms with van der Waals surface area (Å²) >= 11 is 0. The summed E-state index contributed by atoms with van der Waals surface area (Å²) in [4.78, 5) is 14.9. The summed E-state index contributed by atoms with van der Waals surface area (Å²) in [5.41, 5.74) is 0.572. The first kappa shape index (κ1) is 17.0. The second-order valence-corrected chi connectivity index (χ2v) is 8.09. The van der Waals surface area contributed by atoms with Crippen molar-refractivity contribution in [2.75, 3.05) is 12.3 Å². The number of carbonyl (C=O) groups is 1. The van der Waals surface area contributed by atoms with Gasteiger partial charge >= 0.3 is 0 Å². The molecule has 0 aromatic heterocycles. The maximum absolute atomic E-state index is 12.7. The Hall–Kier alpha value is -1.36. The fraction of sp³-hybridized carbons (Fsp3) is 0.588. The average molecular weight is 323 g/mol. The molecule has 22 heavy (non-hydrogen) atoms. The summed E-state index contributed by atoms with van der Waals surface area (Å²) in [5, 5.41) is 0. The molecule has 1 saturated carbocycles. The maximum atomic E-state index is 12.7. The lowest BCUT2D eigenvalue weighted by atomic mass is 9.93. The Morgan fingerprint density at radius 2 is 1.68 bits per heavy atom. The Morgan fingerprint density at radius 3 is 2.18 bits per heavy atom. The molecule has 1 amide bonds. The molecule has 0 spiro atoms. The molecule has 4 nitrogen and oxygen atoms in total. The number of sulfone groups is 1. The van der Waals surface area contributed by atoms with E-state index in [9.17, 15) is 13.2 Å². The van der Waals surface area contributed by atoms with Crippen molar-refractivity contribution in [1.82, 2.24) is 4.90 Å². The smallest absolute Gasteiger partial charge is 0.254 e. The summed E-state index contributed by atoms with van der Waals surface area (Å²) < 4.78 is 23.6. The Bertz CT molecular complexity index is 601. The van der Waals surface area contributed by atoms with Crippen LogP contribution in [0, 0.1) is 0 Å². The number of benzene rings is 1. The van der Waals surface area contributed by atoms with E-state index in [2.05, 4.69) is 0 Å². The molecule has 5 heteroatoms. The Labute approximate surface area is 133 Å². The molecular weight excluding hydrogens is 298 g/mol. The molecule has 1 aliphatic rings. The van der Waals surface area contributed by atoms with Crippen LogP contribution in [0.5, 0.6) is 0 Å². The first-order valence-corrected chi connectivity index (χ1v) is 9.78. The predicted molar refractivity (Wildman–Crippen MR) is 87.8 cm³/mol. The molecule has 0 N–H and O–H groups in total. The van der Waals surface area contributed by atoms with Crippen LogP contribution in [-0.4, -0.2) is 37.6 Å². The van der Waals surface area contributed by atoms with E-state index < -0.39 is 9.84 Å². The minimum atomic E-state index is -3.21. The second-order valence-electron chi connectivity index (χ2n) is 5.81. The number of carbonyl (C=O) groups excluding carboxylic acids is 1. The molecule has 0 heterocycles. The number of rotatable bonds is 5. The van der Waals surface area contributed by atoms with Crippen LogP contribution in [0.1, 0.15) is 56.3 Å². The molecule has 0 atom stereocenters. The maximum Gasteiger partial charge on any atom is 0.254 e. The third kappa shape index (κ3) is 3.69. The van der Waals surface area contributed by atoms with Crippen LogP contribution in [-0.2, 0) is 9.84 Å². The highest BCUT2D eigenvalue weighted by molar-refractivity contribution is 7.91. The van der Waals surface area contributed by atoms with Crippen molar-refractivity contribution in [2.24, 2.45) is 0 Å². The summed E-state index contributed by atoms with van der Waals surface area (Å²) in [7, 11) is -3.21. The van der Waals surface area contributed by atoms with Gasteiger partial charge in [0, 0.05) is 18.2 Å². The fourth-order valence-corrected chi connectivity index (χ4v) is 3.98. The largest absolute Gasteiger partial charge is 0.336 e. The van der Waals surface area contributed by atoms with Crippen LogP contribution in [0.3, 0.4) is 0 Å². The molecule has 1 aromatic rings. The lowest BCUT2D eigenvalue weighted by molar-refractivity contribution is 0.0648. The van der Waals surface area contributed by atoms with Crippen molar-refractivity contribution in [3.63, 3.8) is 0 Å². The van der Waals surface area contributed by atoms with Gasteiger partial charge in [-0.15, -0.1) is 0 Å². The van der Waals surface area contributed by atoms with E-state index in [1.54, 1.807) is 31.2 Å². The Morgan fingerprint density at radius 1 is 1.09 bits per heavy atom. The highest BCUT2D eigenvalue weighted by Gasteiger charge is 2.25. The van der Waals surface area contributed by atoms with Crippen LogP contribution in [0.4, 0.5) is 0 Å². The zero-order valence-corrected chi connectivity index (χ0v) is 14.2. The van der Waals surface area contributed by atoms with Crippen molar-refractivity contribution in [2.45, 2.75) is 56.9 Å². The van der Waals surface area contributed by atoms with Crippen LogP contribution >= 0.6 is 0 Å². The SMILES string of the molecule is CCN(C(=O)c1ccc(S(=O)(=O)CC)cc1)C1CCCCC1. The standard InChI is InChI=1S/C17H25NO3S/c1-3-18(15-8-6-5-7-9-15)17(19)14-10-12-16(13-11-14)22(20,21)4-2/h10-13,15H,3-9H2,1-2H3. The lowest BCUT2D eigenvalue weighted by Gasteiger charge is -2.33. The van der Waals surface area contributed by atoms with Crippen molar-refractivity contribution >= 4 is 15.7 Å². The van der Waals surface area contributed by atoms with E-state index in [0.717, 1.165) is 12.8 Å². The molecule has 1 fully saturated rings. The number of nitrogens with zero attached hydrogens (tertiary/aromatic N) is 1. The van der Waals surface area contributed by atoms with E-state index in [1.807, 2.05) is 11.8 Å². The number of hydrogen-bond donors (Lipinski definition) is 0. The number of amides is 1. The van der Waals surface area contributed by atoms with Gasteiger partial charge in [-0.3, -0.25) is 4.79 Å². The van der Waals surface area contributed by atoms with Crippen molar-refractivity contribution in [3.05, 3.63) is 29.8 Å². The van der Waals surface area contributed by atoms with E-state index in [4.69, 9.17) is 0 Å². The van der Waals surface area contributed by atoms with Crippen LogP contribution in [0.15, 0.2) is 29.2 Å². The van der Waals surface area contributed by atoms with Gasteiger partial charge in [-0.1, -0.05) is 26.2 Å². The summed E-state index contributed by atoms with van der Waals surface area (Å²) in [5.74, 6) is 0.0820. The summed E-state index contributed by atoms with van der Waals surface area (Å²) in [6.45, 7) is 4.32. The summed E-state index contributed by atoms with van der Waals surface area (Å²) in [6.07, 6.45) is 5.76. The van der Waals surface area contributed by atoms with Gasteiger partial charge in [0.1, 0.15) is 0 Å². The van der Waals surface area contributed by atoms with E-state index >= 15 is 0 Å². The topological polar surface area (TPSA) is 54.5 Å². The van der Waals surface area contributed by atoms with Gasteiger partial charge < -0.3 is 4.90 Å². The van der Waals surface area contributed by atoms with Crippen LogP contribution < -0.4 is 0 Å². The molecule has 0 saturated heterocycles. The van der Waals surface area contributed by atoms with E-state index in [-0.39, 0.29) is 16.6 Å². The molecular formula is C17H25NO3S. The molecule has 122 valence electrons. The zero-order chi connectivity index (χ0) is 16.2. The first-order valence-electron chi connectivity index (χ1n) is 8.13. The predicted octanol–water partition coefficient (Wildman–Crippen LogP) is 3.28. The van der Waals surface area contributed by atoms with E-state index in [1.165, 1.54) is 19.3 Å². The minimum absolute atomic E-state index is 0.00912. The molecule has 0 unspecified atom stereocenters. The minimum Gasteiger partial charge on any atom is -0.336 e. The quantitative estimate of drug-likeness (QED) is 0.835. The first-order chi connectivity index (χ1) is 10.5. The van der Waals surface area contributed by atoms with Crippen LogP contribution in [0.2, 0.25) is 0 Å². The van der Waals surface area contributed by atoms with Gasteiger partial charge in [0.2, 0.25) is 0 Å². The van der Waals surface area contributed by atoms with Crippen molar-refractivity contribution in [3.8, 4) is 0 Å². The fourth-order valence-electron chi connectivity index (χ4n) is 3.10. The molecule has 0 aliphatic heterocycles. The molecule has 0 radical (unpaired) electrons. The molecule has 0 bridgehead atoms. The van der Waals surface area contributed by atoms with Crippen molar-refractivity contribution < 1.29 is 13.2 Å². The third-order valence-electron chi connectivity index (χ3n) is 4.46. The second kappa shape index (κ2) is 7.27. The average Bonchev–Trinajstić information content (AvgIpc) is 2.56. The Kier molecular flexibility index (Phi) is 5.62. The van der Waals surface area contributed by atoms with Crippen molar-refractivity contribution in [1.29, 1.82) is 0 Å². The zero-order valence-electron chi connectivity index (χ0n) is 13.4. The van der Waals surface area contributed by atoms with Gasteiger partial charge in [-0.25, -0.2) is 8.42 Å². The molecule has 1 aliphatic carbocycles. The van der Waals surface area contributed by atoms with Gasteiger partial charge in [0.05, 0.1) is 10.6 Å². The monoisotopic (exact) mass is 323 g/mol. The van der Waals surface area contributed by atoms with Gasteiger partial charge in [-0.05, 0) is 44.0 Å². The number of hydrogen-bond acceptors (Lipinski definition) is 3. The highest BCUT2D eigenvalue weighted by Crippen LogP contribution is 2.24. The molecule has 1 aromatic carbocycles. The van der Waals surface area contributed by atoms with E-state index in [0.29, 0.717) is 18.2 Å². The van der Waals surface area contributed by atoms with Gasteiger partial charge in [0.25, 0.3) is 5.91 Å². The highest BCUT2D eigenvalue weighted by atomic mass is 32.2. The molecule has 2 rings (SSSR count). The van der Waals surface area contributed by atoms with Crippen LogP contribution in [0.25, 0.3) is 0 Å². The lowest BCUT2D eigenvalue weighted by Crippen LogP contribution is -2.41. The van der Waals surface area contributed by atoms with Gasteiger partial charge in [0.15, 0.2) is 9.84 Å².